The van der Waals surface area contributed by atoms with E-state index in [1.165, 1.54) is 21.3 Å². The van der Waals surface area contributed by atoms with E-state index in [-0.39, 0.29) is 20.4 Å². The predicted octanol–water partition coefficient (Wildman–Crippen LogP) is 2.28. The molecule has 0 aliphatic carbocycles. The average Bonchev–Trinajstić information content (AvgIpc) is 2.48. The van der Waals surface area contributed by atoms with Crippen LogP contribution >= 0.6 is 0 Å². The Labute approximate surface area is 118 Å². The Balaban J connectivity index is 3.10. The molecule has 6 nitrogen and oxygen atoms in total. The SMILES string of the molecule is C=Cc1cc(OCOC)c(OCOC)c(OCOC)c1. The topological polar surface area (TPSA) is 55.4 Å². The van der Waals surface area contributed by atoms with Crippen LogP contribution in [0.5, 0.6) is 17.2 Å². The molecule has 112 valence electrons. The van der Waals surface area contributed by atoms with Crippen molar-refractivity contribution in [3.05, 3.63) is 24.3 Å². The second-order valence-electron chi connectivity index (χ2n) is 3.70. The maximum atomic E-state index is 5.49. The van der Waals surface area contributed by atoms with E-state index in [9.17, 15) is 0 Å². The molecule has 0 aromatic heterocycles. The average molecular weight is 284 g/mol. The first-order valence-electron chi connectivity index (χ1n) is 5.92. The number of hydrogen-bond acceptors (Lipinski definition) is 6. The first-order valence-corrected chi connectivity index (χ1v) is 5.92. The number of hydrogen-bond donors (Lipinski definition) is 0. The highest BCUT2D eigenvalue weighted by molar-refractivity contribution is 5.61. The van der Waals surface area contributed by atoms with Gasteiger partial charge in [-0.15, -0.1) is 0 Å². The Morgan fingerprint density at radius 1 is 0.850 bits per heavy atom. The summed E-state index contributed by atoms with van der Waals surface area (Å²) in [6.07, 6.45) is 1.68. The monoisotopic (exact) mass is 284 g/mol. The van der Waals surface area contributed by atoms with Crippen LogP contribution in [0.25, 0.3) is 6.08 Å². The van der Waals surface area contributed by atoms with Crippen LogP contribution in [0.2, 0.25) is 0 Å². The normalized spacial score (nSPS) is 10.2. The van der Waals surface area contributed by atoms with Crippen LogP contribution in [0.3, 0.4) is 0 Å². The van der Waals surface area contributed by atoms with Crippen LogP contribution in [0.1, 0.15) is 5.56 Å². The van der Waals surface area contributed by atoms with Crippen molar-refractivity contribution in [1.29, 1.82) is 0 Å². The Kier molecular flexibility index (Phi) is 7.49. The van der Waals surface area contributed by atoms with E-state index >= 15 is 0 Å². The smallest absolute Gasteiger partial charge is 0.206 e. The maximum Gasteiger partial charge on any atom is 0.206 e. The highest BCUT2D eigenvalue weighted by atomic mass is 16.7. The zero-order chi connectivity index (χ0) is 14.8. The molecular formula is C14H20O6. The summed E-state index contributed by atoms with van der Waals surface area (Å²) in [5.74, 6) is 1.38. The van der Waals surface area contributed by atoms with Gasteiger partial charge < -0.3 is 28.4 Å². The van der Waals surface area contributed by atoms with Crippen LogP contribution in [0, 0.1) is 0 Å². The summed E-state index contributed by atoms with van der Waals surface area (Å²) >= 11 is 0. The van der Waals surface area contributed by atoms with Gasteiger partial charge in [0.2, 0.25) is 5.75 Å². The molecule has 0 atom stereocenters. The van der Waals surface area contributed by atoms with Gasteiger partial charge in [0.05, 0.1) is 0 Å². The van der Waals surface area contributed by atoms with Crippen molar-refractivity contribution in [3.8, 4) is 17.2 Å². The Morgan fingerprint density at radius 2 is 1.30 bits per heavy atom. The molecule has 0 fully saturated rings. The standard InChI is InChI=1S/C14H20O6/c1-5-11-6-12(18-8-15-2)14(20-10-17-4)13(7-11)19-9-16-3/h5-7H,1,8-10H2,2-4H3. The van der Waals surface area contributed by atoms with E-state index in [0.29, 0.717) is 17.2 Å². The molecule has 0 unspecified atom stereocenters. The lowest BCUT2D eigenvalue weighted by atomic mass is 10.2. The van der Waals surface area contributed by atoms with Crippen LogP contribution in [-0.2, 0) is 14.2 Å². The van der Waals surface area contributed by atoms with Crippen LogP contribution in [-0.4, -0.2) is 41.7 Å². The molecule has 6 heteroatoms. The fraction of sp³-hybridized carbons (Fsp3) is 0.429. The largest absolute Gasteiger partial charge is 0.463 e. The predicted molar refractivity (Wildman–Crippen MR) is 74.0 cm³/mol. The lowest BCUT2D eigenvalue weighted by Gasteiger charge is -2.17. The van der Waals surface area contributed by atoms with E-state index in [0.717, 1.165) is 5.56 Å². The molecule has 0 aliphatic heterocycles. The fourth-order valence-electron chi connectivity index (χ4n) is 1.43. The summed E-state index contributed by atoms with van der Waals surface area (Å²) in [5.41, 5.74) is 0.826. The van der Waals surface area contributed by atoms with Crippen molar-refractivity contribution < 1.29 is 28.4 Å². The molecule has 0 bridgehead atoms. The van der Waals surface area contributed by atoms with Crippen molar-refractivity contribution in [2.24, 2.45) is 0 Å². The van der Waals surface area contributed by atoms with Gasteiger partial charge in [0.1, 0.15) is 0 Å². The van der Waals surface area contributed by atoms with Gasteiger partial charge in [-0.2, -0.15) is 0 Å². The van der Waals surface area contributed by atoms with Gasteiger partial charge in [0, 0.05) is 21.3 Å². The lowest BCUT2D eigenvalue weighted by Crippen LogP contribution is -2.08. The first kappa shape index (κ1) is 16.3. The second kappa shape index (κ2) is 9.19. The maximum absolute atomic E-state index is 5.49. The third-order valence-corrected chi connectivity index (χ3v) is 2.26. The molecule has 0 heterocycles. The van der Waals surface area contributed by atoms with Crippen LogP contribution in [0.4, 0.5) is 0 Å². The molecular weight excluding hydrogens is 264 g/mol. The van der Waals surface area contributed by atoms with Gasteiger partial charge in [-0.3, -0.25) is 0 Å². The van der Waals surface area contributed by atoms with E-state index in [4.69, 9.17) is 28.4 Å². The van der Waals surface area contributed by atoms with Gasteiger partial charge in [-0.05, 0) is 17.7 Å². The summed E-state index contributed by atoms with van der Waals surface area (Å²) in [6.45, 7) is 3.98. The van der Waals surface area contributed by atoms with Crippen molar-refractivity contribution in [3.63, 3.8) is 0 Å². The Morgan fingerprint density at radius 3 is 1.70 bits per heavy atom. The molecule has 1 aromatic carbocycles. The third kappa shape index (κ3) is 4.73. The summed E-state index contributed by atoms with van der Waals surface area (Å²) in [7, 11) is 4.61. The van der Waals surface area contributed by atoms with Gasteiger partial charge in [0.25, 0.3) is 0 Å². The van der Waals surface area contributed by atoms with Crippen LogP contribution < -0.4 is 14.2 Å². The molecule has 0 saturated carbocycles. The van der Waals surface area contributed by atoms with Crippen LogP contribution in [0.15, 0.2) is 18.7 Å². The number of benzene rings is 1. The highest BCUT2D eigenvalue weighted by Gasteiger charge is 2.15. The van der Waals surface area contributed by atoms with Gasteiger partial charge in [0.15, 0.2) is 31.9 Å². The van der Waals surface area contributed by atoms with Crippen molar-refractivity contribution in [2.45, 2.75) is 0 Å². The van der Waals surface area contributed by atoms with Crippen molar-refractivity contribution in [1.82, 2.24) is 0 Å². The summed E-state index contributed by atoms with van der Waals surface area (Å²) in [4.78, 5) is 0. The molecule has 0 radical (unpaired) electrons. The number of ether oxygens (including phenoxy) is 6. The van der Waals surface area contributed by atoms with Gasteiger partial charge in [-0.25, -0.2) is 0 Å². The molecule has 0 amide bonds. The van der Waals surface area contributed by atoms with E-state index in [1.807, 2.05) is 0 Å². The minimum absolute atomic E-state index is 0.0696. The molecule has 0 spiro atoms. The second-order valence-corrected chi connectivity index (χ2v) is 3.70. The minimum Gasteiger partial charge on any atom is -0.463 e. The quantitative estimate of drug-likeness (QED) is 0.614. The minimum atomic E-state index is 0.0696. The van der Waals surface area contributed by atoms with Crippen molar-refractivity contribution in [2.75, 3.05) is 41.7 Å². The van der Waals surface area contributed by atoms with Crippen molar-refractivity contribution >= 4 is 6.08 Å². The van der Waals surface area contributed by atoms with E-state index in [1.54, 1.807) is 18.2 Å². The third-order valence-electron chi connectivity index (χ3n) is 2.26. The number of methoxy groups -OCH3 is 3. The zero-order valence-electron chi connectivity index (χ0n) is 12.0. The molecule has 0 saturated heterocycles. The molecule has 0 aliphatic rings. The first-order chi connectivity index (χ1) is 9.76. The van der Waals surface area contributed by atoms with E-state index < -0.39 is 0 Å². The Bertz CT molecular complexity index is 389. The highest BCUT2D eigenvalue weighted by Crippen LogP contribution is 2.39. The molecule has 1 aromatic rings. The van der Waals surface area contributed by atoms with E-state index in [2.05, 4.69) is 6.58 Å². The zero-order valence-corrected chi connectivity index (χ0v) is 12.0. The molecule has 20 heavy (non-hydrogen) atoms. The lowest BCUT2D eigenvalue weighted by molar-refractivity contribution is 0.0218. The van der Waals surface area contributed by atoms with Gasteiger partial charge in [-0.1, -0.05) is 12.7 Å². The molecule has 0 N–H and O–H groups in total. The number of rotatable bonds is 10. The fourth-order valence-corrected chi connectivity index (χ4v) is 1.43. The Hall–Kier alpha value is -1.76. The molecule has 1 rings (SSSR count). The summed E-state index contributed by atoms with van der Waals surface area (Å²) in [5, 5.41) is 0. The van der Waals surface area contributed by atoms with Gasteiger partial charge >= 0.3 is 0 Å². The summed E-state index contributed by atoms with van der Waals surface area (Å²) < 4.78 is 31.1. The summed E-state index contributed by atoms with van der Waals surface area (Å²) in [6, 6.07) is 3.55.